The molecule has 1 unspecified atom stereocenters. The maximum atomic E-state index is 11.7. The first-order valence-corrected chi connectivity index (χ1v) is 6.90. The topological polar surface area (TPSA) is 50.4 Å². The van der Waals surface area contributed by atoms with Crippen LogP contribution in [0.15, 0.2) is 24.3 Å². The molecule has 1 aromatic rings. The minimum Gasteiger partial charge on any atom is -0.496 e. The minimum absolute atomic E-state index is 0.0795. The molecule has 19 heavy (non-hydrogen) atoms. The first-order valence-electron chi connectivity index (χ1n) is 6.90. The van der Waals surface area contributed by atoms with Crippen LogP contribution < -0.4 is 15.4 Å². The van der Waals surface area contributed by atoms with Crippen molar-refractivity contribution in [3.8, 4) is 5.75 Å². The van der Waals surface area contributed by atoms with Crippen molar-refractivity contribution in [3.63, 3.8) is 0 Å². The van der Waals surface area contributed by atoms with Gasteiger partial charge in [0.1, 0.15) is 5.75 Å². The Bertz CT molecular complexity index is 430. The molecule has 1 aliphatic rings. The number of rotatable bonds is 7. The van der Waals surface area contributed by atoms with E-state index in [1.165, 1.54) is 0 Å². The molecule has 2 N–H and O–H groups in total. The lowest BCUT2D eigenvalue weighted by Gasteiger charge is -2.19. The SMILES string of the molecule is CCC(NCC(=O)NC1CC1)c1ccccc1OC. The molecule has 0 aliphatic heterocycles. The molecule has 0 saturated heterocycles. The van der Waals surface area contributed by atoms with Gasteiger partial charge in [-0.1, -0.05) is 25.1 Å². The summed E-state index contributed by atoms with van der Waals surface area (Å²) in [5, 5.41) is 6.28. The summed E-state index contributed by atoms with van der Waals surface area (Å²) in [6.45, 7) is 2.45. The number of para-hydroxylation sites is 1. The molecular formula is C15H22N2O2. The highest BCUT2D eigenvalue weighted by molar-refractivity contribution is 5.78. The summed E-state index contributed by atoms with van der Waals surface area (Å²) in [7, 11) is 1.67. The van der Waals surface area contributed by atoms with Crippen molar-refractivity contribution in [2.24, 2.45) is 0 Å². The molecule has 2 rings (SSSR count). The molecule has 1 aliphatic carbocycles. The van der Waals surface area contributed by atoms with E-state index in [0.717, 1.165) is 30.6 Å². The van der Waals surface area contributed by atoms with Crippen LogP contribution in [0.5, 0.6) is 5.75 Å². The molecule has 4 nitrogen and oxygen atoms in total. The van der Waals surface area contributed by atoms with Crippen LogP contribution in [0, 0.1) is 0 Å². The Morgan fingerprint density at radius 1 is 1.42 bits per heavy atom. The van der Waals surface area contributed by atoms with Gasteiger partial charge in [0.05, 0.1) is 13.7 Å². The fourth-order valence-electron chi connectivity index (χ4n) is 2.15. The average molecular weight is 262 g/mol. The first-order chi connectivity index (χ1) is 9.24. The monoisotopic (exact) mass is 262 g/mol. The van der Waals surface area contributed by atoms with Crippen molar-refractivity contribution in [2.45, 2.75) is 38.3 Å². The third-order valence-electron chi connectivity index (χ3n) is 3.37. The van der Waals surface area contributed by atoms with E-state index < -0.39 is 0 Å². The molecule has 4 heteroatoms. The Kier molecular flexibility index (Phi) is 4.80. The number of amides is 1. The van der Waals surface area contributed by atoms with Crippen LogP contribution in [-0.4, -0.2) is 25.6 Å². The number of hydrogen-bond donors (Lipinski definition) is 2. The van der Waals surface area contributed by atoms with E-state index in [-0.39, 0.29) is 11.9 Å². The largest absolute Gasteiger partial charge is 0.496 e. The van der Waals surface area contributed by atoms with Crippen molar-refractivity contribution in [1.82, 2.24) is 10.6 Å². The van der Waals surface area contributed by atoms with E-state index in [0.29, 0.717) is 12.6 Å². The second-order valence-electron chi connectivity index (χ2n) is 4.93. The summed E-state index contributed by atoms with van der Waals surface area (Å²) in [6.07, 6.45) is 3.15. The summed E-state index contributed by atoms with van der Waals surface area (Å²) >= 11 is 0. The number of ether oxygens (including phenoxy) is 1. The summed E-state index contributed by atoms with van der Waals surface area (Å²) in [5.74, 6) is 0.945. The molecule has 1 atom stereocenters. The minimum atomic E-state index is 0.0795. The molecule has 0 bridgehead atoms. The van der Waals surface area contributed by atoms with Gasteiger partial charge in [0, 0.05) is 17.6 Å². The summed E-state index contributed by atoms with van der Waals surface area (Å²) < 4.78 is 5.37. The Morgan fingerprint density at radius 2 is 2.16 bits per heavy atom. The molecule has 1 saturated carbocycles. The zero-order valence-electron chi connectivity index (χ0n) is 11.6. The van der Waals surface area contributed by atoms with Crippen molar-refractivity contribution >= 4 is 5.91 Å². The van der Waals surface area contributed by atoms with Crippen molar-refractivity contribution in [3.05, 3.63) is 29.8 Å². The molecule has 0 heterocycles. The van der Waals surface area contributed by atoms with E-state index in [1.807, 2.05) is 24.3 Å². The molecule has 0 spiro atoms. The van der Waals surface area contributed by atoms with Gasteiger partial charge in [0.25, 0.3) is 0 Å². The molecule has 104 valence electrons. The normalized spacial score (nSPS) is 15.9. The molecule has 1 aromatic carbocycles. The van der Waals surface area contributed by atoms with Crippen molar-refractivity contribution in [2.75, 3.05) is 13.7 Å². The summed E-state index contributed by atoms with van der Waals surface area (Å²) in [5.41, 5.74) is 1.10. The number of hydrogen-bond acceptors (Lipinski definition) is 3. The second-order valence-corrected chi connectivity index (χ2v) is 4.93. The highest BCUT2D eigenvalue weighted by atomic mass is 16.5. The number of carbonyl (C=O) groups excluding carboxylic acids is 1. The maximum absolute atomic E-state index is 11.7. The van der Waals surface area contributed by atoms with Crippen LogP contribution in [0.4, 0.5) is 0 Å². The quantitative estimate of drug-likeness (QED) is 0.790. The van der Waals surface area contributed by atoms with Crippen LogP contribution in [0.3, 0.4) is 0 Å². The van der Waals surface area contributed by atoms with Gasteiger partial charge in [0.2, 0.25) is 5.91 Å². The van der Waals surface area contributed by atoms with E-state index in [2.05, 4.69) is 17.6 Å². The van der Waals surface area contributed by atoms with Crippen molar-refractivity contribution < 1.29 is 9.53 Å². The van der Waals surface area contributed by atoms with E-state index in [1.54, 1.807) is 7.11 Å². The van der Waals surface area contributed by atoms with E-state index in [9.17, 15) is 4.79 Å². The van der Waals surface area contributed by atoms with E-state index in [4.69, 9.17) is 4.74 Å². The standard InChI is InChI=1S/C15H22N2O2/c1-3-13(12-6-4-5-7-14(12)19-2)16-10-15(18)17-11-8-9-11/h4-7,11,13,16H,3,8-10H2,1-2H3,(H,17,18). The first kappa shape index (κ1) is 13.9. The lowest BCUT2D eigenvalue weighted by atomic mass is 10.0. The summed E-state index contributed by atoms with van der Waals surface area (Å²) in [4.78, 5) is 11.7. The van der Waals surface area contributed by atoms with Gasteiger partial charge in [-0.2, -0.15) is 0 Å². The van der Waals surface area contributed by atoms with Gasteiger partial charge < -0.3 is 15.4 Å². The fraction of sp³-hybridized carbons (Fsp3) is 0.533. The van der Waals surface area contributed by atoms with Gasteiger partial charge in [-0.25, -0.2) is 0 Å². The Labute approximate surface area is 114 Å². The predicted octanol–water partition coefficient (Wildman–Crippen LogP) is 2.01. The Hall–Kier alpha value is -1.55. The smallest absolute Gasteiger partial charge is 0.234 e. The maximum Gasteiger partial charge on any atom is 0.234 e. The zero-order valence-corrected chi connectivity index (χ0v) is 11.6. The van der Waals surface area contributed by atoms with Gasteiger partial charge in [-0.05, 0) is 25.3 Å². The fourth-order valence-corrected chi connectivity index (χ4v) is 2.15. The lowest BCUT2D eigenvalue weighted by Crippen LogP contribution is -2.36. The third-order valence-corrected chi connectivity index (χ3v) is 3.37. The lowest BCUT2D eigenvalue weighted by molar-refractivity contribution is -0.120. The zero-order chi connectivity index (χ0) is 13.7. The van der Waals surface area contributed by atoms with Gasteiger partial charge in [-0.3, -0.25) is 4.79 Å². The van der Waals surface area contributed by atoms with Gasteiger partial charge in [0.15, 0.2) is 0 Å². The van der Waals surface area contributed by atoms with Gasteiger partial charge >= 0.3 is 0 Å². The highest BCUT2D eigenvalue weighted by Gasteiger charge is 2.23. The predicted molar refractivity (Wildman–Crippen MR) is 75.2 cm³/mol. The Morgan fingerprint density at radius 3 is 2.79 bits per heavy atom. The van der Waals surface area contributed by atoms with Crippen molar-refractivity contribution in [1.29, 1.82) is 0 Å². The number of benzene rings is 1. The van der Waals surface area contributed by atoms with Crippen LogP contribution in [0.1, 0.15) is 37.8 Å². The number of carbonyl (C=O) groups is 1. The Balaban J connectivity index is 1.92. The van der Waals surface area contributed by atoms with E-state index >= 15 is 0 Å². The van der Waals surface area contributed by atoms with Crippen LogP contribution in [-0.2, 0) is 4.79 Å². The molecular weight excluding hydrogens is 240 g/mol. The molecule has 1 amide bonds. The van der Waals surface area contributed by atoms with Gasteiger partial charge in [-0.15, -0.1) is 0 Å². The third kappa shape index (κ3) is 3.96. The highest BCUT2D eigenvalue weighted by Crippen LogP contribution is 2.26. The van der Waals surface area contributed by atoms with Crippen LogP contribution >= 0.6 is 0 Å². The molecule has 0 radical (unpaired) electrons. The second kappa shape index (κ2) is 6.57. The average Bonchev–Trinajstić information content (AvgIpc) is 3.24. The van der Waals surface area contributed by atoms with Crippen LogP contribution in [0.2, 0.25) is 0 Å². The summed E-state index contributed by atoms with van der Waals surface area (Å²) in [6, 6.07) is 8.49. The molecule has 1 fully saturated rings. The number of nitrogens with one attached hydrogen (secondary N) is 2. The number of methoxy groups -OCH3 is 1. The molecule has 0 aromatic heterocycles. The van der Waals surface area contributed by atoms with Crippen LogP contribution in [0.25, 0.3) is 0 Å².